The number of amides is 2. The summed E-state index contributed by atoms with van der Waals surface area (Å²) < 4.78 is 31.1. The Morgan fingerprint density at radius 3 is 2.58 bits per heavy atom. The van der Waals surface area contributed by atoms with Crippen molar-refractivity contribution in [1.82, 2.24) is 9.21 Å². The van der Waals surface area contributed by atoms with Gasteiger partial charge in [0.1, 0.15) is 10.6 Å². The molecule has 1 N–H and O–H groups in total. The molecule has 1 saturated heterocycles. The van der Waals surface area contributed by atoms with Gasteiger partial charge in [-0.2, -0.15) is 0 Å². The van der Waals surface area contributed by atoms with Crippen LogP contribution in [-0.4, -0.2) is 63.7 Å². The van der Waals surface area contributed by atoms with E-state index in [0.717, 1.165) is 10.7 Å². The minimum atomic E-state index is -3.72. The first-order valence-corrected chi connectivity index (χ1v) is 9.77. The van der Waals surface area contributed by atoms with E-state index in [0.29, 0.717) is 25.2 Å². The van der Waals surface area contributed by atoms with Crippen molar-refractivity contribution in [3.8, 4) is 5.75 Å². The first-order chi connectivity index (χ1) is 12.2. The molecule has 1 heterocycles. The summed E-state index contributed by atoms with van der Waals surface area (Å²) in [4.78, 5) is 25.7. The van der Waals surface area contributed by atoms with Crippen molar-refractivity contribution in [2.24, 2.45) is 5.92 Å². The monoisotopic (exact) mass is 383 g/mol. The van der Waals surface area contributed by atoms with E-state index in [1.165, 1.54) is 40.3 Å². The molecule has 26 heavy (non-hydrogen) atoms. The Labute approximate surface area is 154 Å². The predicted octanol–water partition coefficient (Wildman–Crippen LogP) is 1.14. The predicted molar refractivity (Wildman–Crippen MR) is 97.5 cm³/mol. The van der Waals surface area contributed by atoms with E-state index in [1.54, 1.807) is 11.0 Å². The fraction of sp³-hybridized carbons (Fsp3) is 0.529. The molecule has 1 aromatic carbocycles. The highest BCUT2D eigenvalue weighted by molar-refractivity contribution is 7.89. The Kier molecular flexibility index (Phi) is 6.25. The number of nitrogens with zero attached hydrogens (tertiary/aromatic N) is 2. The summed E-state index contributed by atoms with van der Waals surface area (Å²) >= 11 is 0. The molecule has 0 aromatic heterocycles. The number of ether oxygens (including phenoxy) is 1. The lowest BCUT2D eigenvalue weighted by Gasteiger charge is -2.31. The van der Waals surface area contributed by atoms with E-state index in [1.807, 2.05) is 0 Å². The molecule has 0 spiro atoms. The van der Waals surface area contributed by atoms with Crippen LogP contribution in [0.1, 0.15) is 19.8 Å². The van der Waals surface area contributed by atoms with Gasteiger partial charge >= 0.3 is 0 Å². The van der Waals surface area contributed by atoms with Gasteiger partial charge in [-0.15, -0.1) is 0 Å². The van der Waals surface area contributed by atoms with Crippen LogP contribution in [0.25, 0.3) is 0 Å². The van der Waals surface area contributed by atoms with Crippen molar-refractivity contribution >= 4 is 27.5 Å². The number of benzene rings is 1. The zero-order valence-electron chi connectivity index (χ0n) is 15.5. The van der Waals surface area contributed by atoms with Crippen molar-refractivity contribution in [3.05, 3.63) is 18.2 Å². The molecule has 2 rings (SSSR count). The van der Waals surface area contributed by atoms with Gasteiger partial charge in [0.05, 0.1) is 13.0 Å². The summed E-state index contributed by atoms with van der Waals surface area (Å²) in [5.74, 6) is -0.388. The molecule has 1 fully saturated rings. The minimum Gasteiger partial charge on any atom is -0.495 e. The van der Waals surface area contributed by atoms with Crippen molar-refractivity contribution < 1.29 is 22.7 Å². The van der Waals surface area contributed by atoms with Crippen LogP contribution in [0.4, 0.5) is 5.69 Å². The van der Waals surface area contributed by atoms with E-state index in [2.05, 4.69) is 5.32 Å². The first-order valence-electron chi connectivity index (χ1n) is 8.33. The van der Waals surface area contributed by atoms with Gasteiger partial charge in [-0.05, 0) is 31.0 Å². The Bertz CT molecular complexity index is 792. The summed E-state index contributed by atoms with van der Waals surface area (Å²) in [6.45, 7) is 2.52. The third kappa shape index (κ3) is 4.34. The molecular weight excluding hydrogens is 358 g/mol. The minimum absolute atomic E-state index is 0.0168. The number of carbonyl (C=O) groups excluding carboxylic acids is 2. The maximum absolute atomic E-state index is 12.5. The summed E-state index contributed by atoms with van der Waals surface area (Å²) in [5, 5.41) is 2.76. The summed E-state index contributed by atoms with van der Waals surface area (Å²) in [6, 6.07) is 4.49. The number of likely N-dealkylation sites (tertiary alicyclic amines) is 1. The number of methoxy groups -OCH3 is 1. The van der Waals surface area contributed by atoms with Gasteiger partial charge in [-0.3, -0.25) is 9.59 Å². The van der Waals surface area contributed by atoms with Crippen molar-refractivity contribution in [3.63, 3.8) is 0 Å². The van der Waals surface area contributed by atoms with Crippen molar-refractivity contribution in [2.45, 2.75) is 24.7 Å². The molecule has 8 nitrogen and oxygen atoms in total. The van der Waals surface area contributed by atoms with E-state index in [4.69, 9.17) is 4.74 Å². The molecule has 0 unspecified atom stereocenters. The highest BCUT2D eigenvalue weighted by Gasteiger charge is 2.28. The summed E-state index contributed by atoms with van der Waals surface area (Å²) in [6.07, 6.45) is 1.45. The Balaban J connectivity index is 2.22. The smallest absolute Gasteiger partial charge is 0.246 e. The zero-order valence-corrected chi connectivity index (χ0v) is 16.3. The Morgan fingerprint density at radius 2 is 2.00 bits per heavy atom. The van der Waals surface area contributed by atoms with E-state index < -0.39 is 10.0 Å². The van der Waals surface area contributed by atoms with Crippen LogP contribution in [0.2, 0.25) is 0 Å². The van der Waals surface area contributed by atoms with Crippen LogP contribution >= 0.6 is 0 Å². The van der Waals surface area contributed by atoms with Crippen LogP contribution in [0.5, 0.6) is 5.75 Å². The maximum Gasteiger partial charge on any atom is 0.246 e. The Hall–Kier alpha value is -2.13. The van der Waals surface area contributed by atoms with Crippen molar-refractivity contribution in [2.75, 3.05) is 39.6 Å². The SMILES string of the molecule is COc1ccc(NC(=O)[C@@H]2CCCN(C(C)=O)C2)cc1S(=O)(=O)N(C)C. The molecule has 0 aliphatic carbocycles. The van der Waals surface area contributed by atoms with Gasteiger partial charge in [0.15, 0.2) is 0 Å². The van der Waals surface area contributed by atoms with Gasteiger partial charge in [0.25, 0.3) is 0 Å². The lowest BCUT2D eigenvalue weighted by Crippen LogP contribution is -2.42. The Morgan fingerprint density at radius 1 is 1.31 bits per heavy atom. The molecule has 9 heteroatoms. The van der Waals surface area contributed by atoms with Crippen LogP contribution in [-0.2, 0) is 19.6 Å². The zero-order chi connectivity index (χ0) is 19.5. The second-order valence-electron chi connectivity index (χ2n) is 6.45. The summed E-state index contributed by atoms with van der Waals surface area (Å²) in [7, 11) is 0.529. The number of hydrogen-bond donors (Lipinski definition) is 1. The largest absolute Gasteiger partial charge is 0.495 e. The van der Waals surface area contributed by atoms with Crippen LogP contribution in [0.3, 0.4) is 0 Å². The molecule has 1 atom stereocenters. The topological polar surface area (TPSA) is 96.0 Å². The number of piperidine rings is 1. The number of nitrogens with one attached hydrogen (secondary N) is 1. The van der Waals surface area contributed by atoms with Crippen LogP contribution in [0, 0.1) is 5.92 Å². The normalized spacial score (nSPS) is 17.9. The standard InChI is InChI=1S/C17H25N3O5S/c1-12(21)20-9-5-6-13(11-20)17(22)18-14-7-8-15(25-4)16(10-14)26(23,24)19(2)3/h7-8,10,13H,5-6,9,11H2,1-4H3,(H,18,22)/t13-/m1/s1. The van der Waals surface area contributed by atoms with E-state index in [-0.39, 0.29) is 28.4 Å². The van der Waals surface area contributed by atoms with E-state index >= 15 is 0 Å². The second kappa shape index (κ2) is 8.05. The molecule has 0 radical (unpaired) electrons. The first kappa shape index (κ1) is 20.2. The highest BCUT2D eigenvalue weighted by atomic mass is 32.2. The highest BCUT2D eigenvalue weighted by Crippen LogP contribution is 2.29. The maximum atomic E-state index is 12.5. The average Bonchev–Trinajstić information content (AvgIpc) is 2.61. The molecule has 1 aliphatic rings. The third-order valence-electron chi connectivity index (χ3n) is 4.43. The molecule has 0 saturated carbocycles. The van der Waals surface area contributed by atoms with Gasteiger partial charge in [0, 0.05) is 39.8 Å². The van der Waals surface area contributed by atoms with Crippen LogP contribution < -0.4 is 10.1 Å². The van der Waals surface area contributed by atoms with Gasteiger partial charge in [-0.1, -0.05) is 0 Å². The number of anilines is 1. The summed E-state index contributed by atoms with van der Waals surface area (Å²) in [5.41, 5.74) is 0.371. The molecule has 144 valence electrons. The quantitative estimate of drug-likeness (QED) is 0.823. The van der Waals surface area contributed by atoms with Gasteiger partial charge in [0.2, 0.25) is 21.8 Å². The van der Waals surface area contributed by atoms with E-state index in [9.17, 15) is 18.0 Å². The second-order valence-corrected chi connectivity index (χ2v) is 8.57. The number of sulfonamides is 1. The van der Waals surface area contributed by atoms with Crippen molar-refractivity contribution in [1.29, 1.82) is 0 Å². The van der Waals surface area contributed by atoms with Crippen LogP contribution in [0.15, 0.2) is 23.1 Å². The lowest BCUT2D eigenvalue weighted by molar-refractivity contribution is -0.132. The third-order valence-corrected chi connectivity index (χ3v) is 6.26. The number of hydrogen-bond acceptors (Lipinski definition) is 5. The molecule has 1 aliphatic heterocycles. The number of carbonyl (C=O) groups is 2. The lowest BCUT2D eigenvalue weighted by atomic mass is 9.97. The van der Waals surface area contributed by atoms with Gasteiger partial charge in [-0.25, -0.2) is 12.7 Å². The molecule has 2 amide bonds. The van der Waals surface area contributed by atoms with Gasteiger partial charge < -0.3 is 15.0 Å². The molecular formula is C17H25N3O5S. The number of rotatable bonds is 5. The molecule has 1 aromatic rings. The molecule has 0 bridgehead atoms. The fourth-order valence-electron chi connectivity index (χ4n) is 2.87. The average molecular weight is 383 g/mol. The fourth-order valence-corrected chi connectivity index (χ4v) is 3.95.